The van der Waals surface area contributed by atoms with Crippen molar-refractivity contribution < 1.29 is 33.0 Å². The number of hydrogen-bond donors (Lipinski definition) is 0. The smallest absolute Gasteiger partial charge is 0.373 e. The second-order valence-corrected chi connectivity index (χ2v) is 5.33. The molecule has 1 aromatic heterocycles. The van der Waals surface area contributed by atoms with Gasteiger partial charge in [0.15, 0.2) is 6.10 Å². The quantitative estimate of drug-likeness (QED) is 0.709. The van der Waals surface area contributed by atoms with Crippen LogP contribution in [0.2, 0.25) is 0 Å². The van der Waals surface area contributed by atoms with Gasteiger partial charge in [-0.05, 0) is 38.3 Å². The molecule has 0 aliphatic carbocycles. The Morgan fingerprint density at radius 3 is 2.87 bits per heavy atom. The molecular formula is C16H22O7. The van der Waals surface area contributed by atoms with Gasteiger partial charge in [-0.1, -0.05) is 0 Å². The van der Waals surface area contributed by atoms with Crippen LogP contribution in [-0.2, 0) is 30.3 Å². The minimum atomic E-state index is -0.685. The Kier molecular flexibility index (Phi) is 6.61. The third-order valence-corrected chi connectivity index (χ3v) is 3.54. The molecule has 0 bridgehead atoms. The van der Waals surface area contributed by atoms with E-state index in [1.807, 2.05) is 0 Å². The van der Waals surface area contributed by atoms with Crippen molar-refractivity contribution in [2.24, 2.45) is 0 Å². The van der Waals surface area contributed by atoms with E-state index in [0.29, 0.717) is 12.4 Å². The Labute approximate surface area is 134 Å². The zero-order valence-electron chi connectivity index (χ0n) is 13.4. The number of hydrogen-bond acceptors (Lipinski definition) is 7. The number of carbonyl (C=O) groups excluding carboxylic acids is 2. The van der Waals surface area contributed by atoms with E-state index in [4.69, 9.17) is 18.6 Å². The van der Waals surface area contributed by atoms with Crippen molar-refractivity contribution in [1.29, 1.82) is 0 Å². The highest BCUT2D eigenvalue weighted by Gasteiger charge is 2.20. The maximum Gasteiger partial charge on any atom is 0.373 e. The van der Waals surface area contributed by atoms with Gasteiger partial charge in [0, 0.05) is 6.61 Å². The van der Waals surface area contributed by atoms with Gasteiger partial charge in [-0.3, -0.25) is 0 Å². The summed E-state index contributed by atoms with van der Waals surface area (Å²) in [4.78, 5) is 23.1. The predicted octanol–water partition coefficient (Wildman–Crippen LogP) is 2.08. The molecule has 1 aromatic rings. The Morgan fingerprint density at radius 2 is 2.17 bits per heavy atom. The largest absolute Gasteiger partial charge is 0.463 e. The van der Waals surface area contributed by atoms with Crippen molar-refractivity contribution in [1.82, 2.24) is 0 Å². The molecule has 0 N–H and O–H groups in total. The summed E-state index contributed by atoms with van der Waals surface area (Å²) in [5, 5.41) is 0. The fourth-order valence-corrected chi connectivity index (χ4v) is 2.18. The Hall–Kier alpha value is -1.86. The van der Waals surface area contributed by atoms with E-state index in [-0.39, 0.29) is 18.5 Å². The van der Waals surface area contributed by atoms with E-state index in [1.165, 1.54) is 13.2 Å². The normalized spacial score (nSPS) is 19.1. The van der Waals surface area contributed by atoms with Gasteiger partial charge in [0.25, 0.3) is 0 Å². The molecule has 2 unspecified atom stereocenters. The Morgan fingerprint density at radius 1 is 1.35 bits per heavy atom. The van der Waals surface area contributed by atoms with Crippen LogP contribution in [-0.4, -0.2) is 44.5 Å². The van der Waals surface area contributed by atoms with Crippen LogP contribution < -0.4 is 0 Å². The zero-order chi connectivity index (χ0) is 16.7. The van der Waals surface area contributed by atoms with Gasteiger partial charge < -0.3 is 23.4 Å². The van der Waals surface area contributed by atoms with Gasteiger partial charge >= 0.3 is 11.9 Å². The lowest BCUT2D eigenvalue weighted by atomic mass is 10.1. The van der Waals surface area contributed by atoms with Crippen molar-refractivity contribution in [3.05, 3.63) is 23.7 Å². The van der Waals surface area contributed by atoms with Gasteiger partial charge in [0.1, 0.15) is 12.4 Å². The Bertz CT molecular complexity index is 516. The highest BCUT2D eigenvalue weighted by atomic mass is 16.6. The fraction of sp³-hybridized carbons (Fsp3) is 0.625. The molecular weight excluding hydrogens is 304 g/mol. The minimum Gasteiger partial charge on any atom is -0.463 e. The fourth-order valence-electron chi connectivity index (χ4n) is 2.18. The number of ether oxygens (including phenoxy) is 4. The average Bonchev–Trinajstić information content (AvgIpc) is 3.06. The highest BCUT2D eigenvalue weighted by molar-refractivity contribution is 5.86. The number of carbonyl (C=O) groups is 2. The molecule has 2 heterocycles. The topological polar surface area (TPSA) is 84.2 Å². The van der Waals surface area contributed by atoms with Gasteiger partial charge in [0.05, 0.1) is 19.8 Å². The first kappa shape index (κ1) is 17.5. The number of methoxy groups -OCH3 is 1. The molecule has 0 radical (unpaired) electrons. The summed E-state index contributed by atoms with van der Waals surface area (Å²) in [6.07, 6.45) is 2.51. The van der Waals surface area contributed by atoms with E-state index in [9.17, 15) is 9.59 Å². The first-order chi connectivity index (χ1) is 11.1. The Balaban J connectivity index is 1.70. The van der Waals surface area contributed by atoms with Gasteiger partial charge in [-0.15, -0.1) is 0 Å². The van der Waals surface area contributed by atoms with E-state index in [0.717, 1.165) is 25.9 Å². The number of rotatable bonds is 7. The molecule has 7 heteroatoms. The van der Waals surface area contributed by atoms with Crippen molar-refractivity contribution in [3.63, 3.8) is 0 Å². The highest BCUT2D eigenvalue weighted by Crippen LogP contribution is 2.14. The molecule has 2 rings (SSSR count). The standard InChI is InChI=1S/C16H22O7/c1-11(21-9-12-5-3-4-8-20-12)15(17)22-10-13-6-7-14(23-13)16(18)19-2/h6-7,11-12H,3-5,8-10H2,1-2H3. The molecule has 2 atom stereocenters. The van der Waals surface area contributed by atoms with Crippen molar-refractivity contribution in [2.45, 2.75) is 45.0 Å². The maximum atomic E-state index is 11.9. The summed E-state index contributed by atoms with van der Waals surface area (Å²) in [6.45, 7) is 2.69. The van der Waals surface area contributed by atoms with Crippen LogP contribution >= 0.6 is 0 Å². The third-order valence-electron chi connectivity index (χ3n) is 3.54. The second kappa shape index (κ2) is 8.69. The second-order valence-electron chi connectivity index (χ2n) is 5.33. The molecule has 0 spiro atoms. The summed E-state index contributed by atoms with van der Waals surface area (Å²) in [6, 6.07) is 3.02. The van der Waals surface area contributed by atoms with E-state index >= 15 is 0 Å². The van der Waals surface area contributed by atoms with Crippen LogP contribution in [0.3, 0.4) is 0 Å². The van der Waals surface area contributed by atoms with Crippen LogP contribution in [0.5, 0.6) is 0 Å². The van der Waals surface area contributed by atoms with Gasteiger partial charge in [0.2, 0.25) is 5.76 Å². The molecule has 7 nitrogen and oxygen atoms in total. The van der Waals surface area contributed by atoms with Crippen LogP contribution in [0.15, 0.2) is 16.5 Å². The summed E-state index contributed by atoms with van der Waals surface area (Å²) in [5.74, 6) is -0.637. The first-order valence-corrected chi connectivity index (χ1v) is 7.67. The van der Waals surface area contributed by atoms with Crippen molar-refractivity contribution in [3.8, 4) is 0 Å². The van der Waals surface area contributed by atoms with E-state index in [1.54, 1.807) is 13.0 Å². The molecule has 23 heavy (non-hydrogen) atoms. The van der Waals surface area contributed by atoms with Crippen molar-refractivity contribution in [2.75, 3.05) is 20.3 Å². The van der Waals surface area contributed by atoms with E-state index in [2.05, 4.69) is 4.74 Å². The van der Waals surface area contributed by atoms with Crippen LogP contribution in [0.1, 0.15) is 42.5 Å². The van der Waals surface area contributed by atoms with Gasteiger partial charge in [-0.25, -0.2) is 9.59 Å². The minimum absolute atomic E-state index is 0.0479. The van der Waals surface area contributed by atoms with Crippen LogP contribution in [0.4, 0.5) is 0 Å². The first-order valence-electron chi connectivity index (χ1n) is 7.67. The molecule has 0 saturated carbocycles. The zero-order valence-corrected chi connectivity index (χ0v) is 13.4. The summed E-state index contributed by atoms with van der Waals surface area (Å²) < 4.78 is 25.9. The van der Waals surface area contributed by atoms with Crippen LogP contribution in [0.25, 0.3) is 0 Å². The maximum absolute atomic E-state index is 11.9. The lowest BCUT2D eigenvalue weighted by molar-refractivity contribution is -0.161. The SMILES string of the molecule is COC(=O)c1ccc(COC(=O)C(C)OCC2CCCCO2)o1. The molecule has 128 valence electrons. The predicted molar refractivity (Wildman–Crippen MR) is 78.8 cm³/mol. The lowest BCUT2D eigenvalue weighted by Gasteiger charge is -2.23. The molecule has 0 amide bonds. The van der Waals surface area contributed by atoms with E-state index < -0.39 is 18.0 Å². The number of esters is 2. The lowest BCUT2D eigenvalue weighted by Crippen LogP contribution is -2.30. The van der Waals surface area contributed by atoms with Crippen molar-refractivity contribution >= 4 is 11.9 Å². The summed E-state index contributed by atoms with van der Waals surface area (Å²) in [7, 11) is 1.26. The molecule has 0 aromatic carbocycles. The molecule has 1 aliphatic heterocycles. The molecule has 1 saturated heterocycles. The van der Waals surface area contributed by atoms with Crippen LogP contribution in [0, 0.1) is 0 Å². The van der Waals surface area contributed by atoms with Gasteiger partial charge in [-0.2, -0.15) is 0 Å². The molecule has 1 aliphatic rings. The monoisotopic (exact) mass is 326 g/mol. The summed E-state index contributed by atoms with van der Waals surface area (Å²) in [5.41, 5.74) is 0. The third kappa shape index (κ3) is 5.37. The average molecular weight is 326 g/mol. The molecule has 1 fully saturated rings. The summed E-state index contributed by atoms with van der Waals surface area (Å²) >= 11 is 0. The number of furan rings is 1.